The molecule has 84 valence electrons. The van der Waals surface area contributed by atoms with Gasteiger partial charge < -0.3 is 10.4 Å². The fraction of sp³-hybridized carbons (Fsp3) is 0.750. The van der Waals surface area contributed by atoms with E-state index in [2.05, 4.69) is 5.32 Å². The Morgan fingerprint density at radius 3 is 2.80 bits per heavy atom. The third kappa shape index (κ3) is 2.59. The fourth-order valence-electron chi connectivity index (χ4n) is 2.42. The Labute approximate surface area is 90.6 Å². The Morgan fingerprint density at radius 2 is 2.13 bits per heavy atom. The highest BCUT2D eigenvalue weighted by molar-refractivity contribution is 5.93. The van der Waals surface area contributed by atoms with Crippen LogP contribution in [0.3, 0.4) is 0 Å². The summed E-state index contributed by atoms with van der Waals surface area (Å²) in [6.45, 7) is 0. The van der Waals surface area contributed by atoms with E-state index in [1.54, 1.807) is 0 Å². The zero-order chi connectivity index (χ0) is 10.7. The summed E-state index contributed by atoms with van der Waals surface area (Å²) in [6, 6.07) is -0.0206. The molecule has 0 aromatic heterocycles. The molecule has 0 aromatic rings. The van der Waals surface area contributed by atoms with Crippen LogP contribution >= 0.6 is 0 Å². The first kappa shape index (κ1) is 10.7. The summed E-state index contributed by atoms with van der Waals surface area (Å²) in [7, 11) is 0. The molecule has 3 nitrogen and oxygen atoms in total. The van der Waals surface area contributed by atoms with Crippen molar-refractivity contribution < 1.29 is 9.90 Å². The van der Waals surface area contributed by atoms with E-state index in [-0.39, 0.29) is 18.1 Å². The van der Waals surface area contributed by atoms with Crippen molar-refractivity contribution >= 4 is 5.91 Å². The molecule has 0 bridgehead atoms. The second-order valence-corrected chi connectivity index (χ2v) is 4.55. The average Bonchev–Trinajstić information content (AvgIpc) is 2.74. The van der Waals surface area contributed by atoms with E-state index in [0.29, 0.717) is 0 Å². The summed E-state index contributed by atoms with van der Waals surface area (Å²) in [5.74, 6) is 0.0402. The van der Waals surface area contributed by atoms with Gasteiger partial charge in [0.2, 0.25) is 5.91 Å². The van der Waals surface area contributed by atoms with Gasteiger partial charge in [0.1, 0.15) is 0 Å². The van der Waals surface area contributed by atoms with Crippen LogP contribution in [0.25, 0.3) is 0 Å². The molecular formula is C12H19NO2. The van der Waals surface area contributed by atoms with Gasteiger partial charge in [-0.2, -0.15) is 0 Å². The molecule has 1 amide bonds. The summed E-state index contributed by atoms with van der Waals surface area (Å²) in [5.41, 5.74) is 0.910. The minimum Gasteiger partial charge on any atom is -0.391 e. The molecule has 0 aliphatic heterocycles. The third-order valence-electron chi connectivity index (χ3n) is 3.38. The number of aliphatic hydroxyl groups excluding tert-OH is 1. The van der Waals surface area contributed by atoms with E-state index in [0.717, 1.165) is 50.5 Å². The minimum absolute atomic E-state index is 0.0206. The molecule has 0 radical (unpaired) electrons. The second kappa shape index (κ2) is 4.79. The fourth-order valence-corrected chi connectivity index (χ4v) is 2.42. The van der Waals surface area contributed by atoms with Gasteiger partial charge >= 0.3 is 0 Å². The van der Waals surface area contributed by atoms with Crippen molar-refractivity contribution in [1.29, 1.82) is 0 Å². The largest absolute Gasteiger partial charge is 0.391 e. The lowest BCUT2D eigenvalue weighted by atomic mass is 9.92. The molecule has 1 fully saturated rings. The van der Waals surface area contributed by atoms with Crippen molar-refractivity contribution in [1.82, 2.24) is 5.32 Å². The number of hydrogen-bond acceptors (Lipinski definition) is 2. The van der Waals surface area contributed by atoms with Gasteiger partial charge in [0, 0.05) is 5.57 Å². The Balaban J connectivity index is 1.87. The molecule has 1 saturated carbocycles. The van der Waals surface area contributed by atoms with E-state index in [4.69, 9.17) is 0 Å². The quantitative estimate of drug-likeness (QED) is 0.724. The SMILES string of the molecule is O=C(NC1CCCCC1O)C1=CCCC1. The van der Waals surface area contributed by atoms with Crippen LogP contribution in [-0.4, -0.2) is 23.2 Å². The number of allylic oxidation sites excluding steroid dienone is 1. The molecular weight excluding hydrogens is 190 g/mol. The van der Waals surface area contributed by atoms with Crippen LogP contribution in [0.2, 0.25) is 0 Å². The van der Waals surface area contributed by atoms with Crippen LogP contribution in [0.1, 0.15) is 44.9 Å². The zero-order valence-electron chi connectivity index (χ0n) is 9.04. The smallest absolute Gasteiger partial charge is 0.247 e. The molecule has 2 atom stereocenters. The summed E-state index contributed by atoms with van der Waals surface area (Å²) in [6.07, 6.45) is 8.62. The van der Waals surface area contributed by atoms with Gasteiger partial charge in [-0.1, -0.05) is 18.9 Å². The van der Waals surface area contributed by atoms with Gasteiger partial charge in [-0.15, -0.1) is 0 Å². The maximum atomic E-state index is 11.8. The van der Waals surface area contributed by atoms with Gasteiger partial charge in [0.15, 0.2) is 0 Å². The lowest BCUT2D eigenvalue weighted by Gasteiger charge is -2.28. The first-order valence-corrected chi connectivity index (χ1v) is 5.95. The molecule has 0 spiro atoms. The van der Waals surface area contributed by atoms with Gasteiger partial charge in [0.25, 0.3) is 0 Å². The van der Waals surface area contributed by atoms with Gasteiger partial charge in [-0.05, 0) is 32.1 Å². The van der Waals surface area contributed by atoms with Crippen molar-refractivity contribution in [3.63, 3.8) is 0 Å². The Hall–Kier alpha value is -0.830. The summed E-state index contributed by atoms with van der Waals surface area (Å²) >= 11 is 0. The Bertz CT molecular complexity index is 273. The maximum absolute atomic E-state index is 11.8. The summed E-state index contributed by atoms with van der Waals surface area (Å²) in [5, 5.41) is 12.7. The monoisotopic (exact) mass is 209 g/mol. The zero-order valence-corrected chi connectivity index (χ0v) is 9.04. The topological polar surface area (TPSA) is 49.3 Å². The molecule has 2 aliphatic carbocycles. The first-order valence-electron chi connectivity index (χ1n) is 5.95. The summed E-state index contributed by atoms with van der Waals surface area (Å²) < 4.78 is 0. The van der Waals surface area contributed by atoms with E-state index in [1.165, 1.54) is 0 Å². The van der Waals surface area contributed by atoms with Crippen LogP contribution in [0, 0.1) is 0 Å². The van der Waals surface area contributed by atoms with E-state index in [9.17, 15) is 9.90 Å². The molecule has 2 unspecified atom stereocenters. The van der Waals surface area contributed by atoms with Crippen molar-refractivity contribution in [2.45, 2.75) is 57.1 Å². The van der Waals surface area contributed by atoms with Crippen LogP contribution in [0.4, 0.5) is 0 Å². The van der Waals surface area contributed by atoms with E-state index < -0.39 is 0 Å². The molecule has 2 N–H and O–H groups in total. The lowest BCUT2D eigenvalue weighted by molar-refractivity contribution is -0.119. The second-order valence-electron chi connectivity index (χ2n) is 4.55. The standard InChI is InChI=1S/C12H19NO2/c14-11-8-4-3-7-10(11)13-12(15)9-5-1-2-6-9/h5,10-11,14H,1-4,6-8H2,(H,13,15). The van der Waals surface area contributed by atoms with Crippen LogP contribution in [0.5, 0.6) is 0 Å². The number of aliphatic hydroxyl groups is 1. The van der Waals surface area contributed by atoms with Crippen LogP contribution < -0.4 is 5.32 Å². The van der Waals surface area contributed by atoms with Crippen LogP contribution in [-0.2, 0) is 4.79 Å². The predicted molar refractivity (Wildman–Crippen MR) is 58.3 cm³/mol. The van der Waals surface area contributed by atoms with Crippen molar-refractivity contribution in [2.75, 3.05) is 0 Å². The van der Waals surface area contributed by atoms with Gasteiger partial charge in [0.05, 0.1) is 12.1 Å². The van der Waals surface area contributed by atoms with Crippen molar-refractivity contribution in [2.24, 2.45) is 0 Å². The number of nitrogens with one attached hydrogen (secondary N) is 1. The van der Waals surface area contributed by atoms with Gasteiger partial charge in [-0.3, -0.25) is 4.79 Å². The van der Waals surface area contributed by atoms with Gasteiger partial charge in [-0.25, -0.2) is 0 Å². The highest BCUT2D eigenvalue weighted by atomic mass is 16.3. The maximum Gasteiger partial charge on any atom is 0.247 e. The molecule has 0 saturated heterocycles. The Morgan fingerprint density at radius 1 is 1.33 bits per heavy atom. The predicted octanol–water partition coefficient (Wildman–Crippen LogP) is 1.52. The lowest BCUT2D eigenvalue weighted by Crippen LogP contribution is -2.45. The number of hydrogen-bond donors (Lipinski definition) is 2. The molecule has 0 heterocycles. The molecule has 3 heteroatoms. The number of amides is 1. The molecule has 0 aromatic carbocycles. The highest BCUT2D eigenvalue weighted by Crippen LogP contribution is 2.21. The number of rotatable bonds is 2. The average molecular weight is 209 g/mol. The number of carbonyl (C=O) groups is 1. The van der Waals surface area contributed by atoms with Crippen LogP contribution in [0.15, 0.2) is 11.6 Å². The van der Waals surface area contributed by atoms with E-state index >= 15 is 0 Å². The third-order valence-corrected chi connectivity index (χ3v) is 3.38. The van der Waals surface area contributed by atoms with E-state index in [1.807, 2.05) is 6.08 Å². The Kier molecular flexibility index (Phi) is 3.41. The minimum atomic E-state index is -0.343. The highest BCUT2D eigenvalue weighted by Gasteiger charge is 2.25. The first-order chi connectivity index (χ1) is 7.27. The van der Waals surface area contributed by atoms with Crippen molar-refractivity contribution in [3.8, 4) is 0 Å². The summed E-state index contributed by atoms with van der Waals surface area (Å²) in [4.78, 5) is 11.8. The normalized spacial score (nSPS) is 31.1. The molecule has 2 rings (SSSR count). The molecule has 15 heavy (non-hydrogen) atoms. The number of carbonyl (C=O) groups excluding carboxylic acids is 1. The van der Waals surface area contributed by atoms with Crippen molar-refractivity contribution in [3.05, 3.63) is 11.6 Å². The molecule has 2 aliphatic rings.